The number of hydrogen-bond donors (Lipinski definition) is 1. The lowest BCUT2D eigenvalue weighted by Crippen LogP contribution is -2.39. The molecule has 13 heteroatoms. The van der Waals surface area contributed by atoms with Crippen LogP contribution < -0.4 is 5.32 Å². The number of anilines is 1. The molecule has 2 heterocycles. The molecular weight excluding hydrogens is 518 g/mol. The molecule has 0 saturated heterocycles. The summed E-state index contributed by atoms with van der Waals surface area (Å²) in [5.41, 5.74) is 0.0511. The molecule has 0 saturated carbocycles. The van der Waals surface area contributed by atoms with Gasteiger partial charge in [0.05, 0.1) is 22.7 Å². The molecule has 0 radical (unpaired) electrons. The zero-order chi connectivity index (χ0) is 27.6. The topological polar surface area (TPSA) is 162 Å². The van der Waals surface area contributed by atoms with Gasteiger partial charge in [0.1, 0.15) is 17.1 Å². The number of nitro benzene ring substituents is 1. The predicted molar refractivity (Wildman–Crippen MR) is 134 cm³/mol. The molecule has 1 aromatic carbocycles. The molecule has 1 N–H and O–H groups in total. The Kier molecular flexibility index (Phi) is 7.86. The summed E-state index contributed by atoms with van der Waals surface area (Å²) >= 11 is 1.29. The monoisotopic (exact) mass is 543 g/mol. The number of nitrogens with one attached hydrogen (secondary N) is 1. The number of esters is 2. The van der Waals surface area contributed by atoms with E-state index < -0.39 is 58.5 Å². The summed E-state index contributed by atoms with van der Waals surface area (Å²) in [6.07, 6.45) is 2.17. The molecule has 2 aliphatic rings. The van der Waals surface area contributed by atoms with Gasteiger partial charge in [-0.3, -0.25) is 34.2 Å². The molecular formula is C25H25N3O9S. The van der Waals surface area contributed by atoms with E-state index in [1.54, 1.807) is 13.8 Å². The van der Waals surface area contributed by atoms with Gasteiger partial charge in [-0.2, -0.15) is 0 Å². The molecule has 1 atom stereocenters. The minimum absolute atomic E-state index is 0.0744. The fourth-order valence-corrected chi connectivity index (χ4v) is 5.80. The Hall–Kier alpha value is -4.13. The van der Waals surface area contributed by atoms with Crippen LogP contribution in [0.15, 0.2) is 18.2 Å². The average Bonchev–Trinajstić information content (AvgIpc) is 3.37. The van der Waals surface area contributed by atoms with E-state index in [2.05, 4.69) is 5.32 Å². The lowest BCUT2D eigenvalue weighted by Gasteiger charge is -2.18. The number of ether oxygens (including phenoxy) is 2. The highest BCUT2D eigenvalue weighted by molar-refractivity contribution is 7.17. The molecule has 1 aromatic heterocycles. The third kappa shape index (κ3) is 5.01. The van der Waals surface area contributed by atoms with Gasteiger partial charge in [0.15, 0.2) is 6.10 Å². The van der Waals surface area contributed by atoms with Crippen LogP contribution >= 0.6 is 11.3 Å². The summed E-state index contributed by atoms with van der Waals surface area (Å²) in [5, 5.41) is 14.3. The number of carbonyl (C=O) groups is 5. The number of hydrogen-bond acceptors (Lipinski definition) is 10. The van der Waals surface area contributed by atoms with Crippen molar-refractivity contribution in [1.29, 1.82) is 0 Å². The molecule has 200 valence electrons. The van der Waals surface area contributed by atoms with E-state index in [4.69, 9.17) is 9.47 Å². The second-order valence-corrected chi connectivity index (χ2v) is 9.77. The Morgan fingerprint density at radius 3 is 2.58 bits per heavy atom. The number of aryl methyl sites for hydroxylation is 1. The lowest BCUT2D eigenvalue weighted by atomic mass is 9.95. The van der Waals surface area contributed by atoms with Crippen molar-refractivity contribution in [2.45, 2.75) is 52.1 Å². The van der Waals surface area contributed by atoms with Crippen molar-refractivity contribution in [3.05, 3.63) is 55.4 Å². The normalized spacial score (nSPS) is 14.9. The number of nitro groups is 1. The number of amides is 3. The number of imide groups is 1. The second kappa shape index (κ2) is 11.1. The summed E-state index contributed by atoms with van der Waals surface area (Å²) in [5.74, 6) is -4.11. The Bertz CT molecular complexity index is 1350. The number of benzene rings is 1. The molecule has 1 aliphatic carbocycles. The maximum absolute atomic E-state index is 13.0. The van der Waals surface area contributed by atoms with Gasteiger partial charge < -0.3 is 14.8 Å². The second-order valence-electron chi connectivity index (χ2n) is 8.66. The van der Waals surface area contributed by atoms with Crippen molar-refractivity contribution in [3.63, 3.8) is 0 Å². The zero-order valence-electron chi connectivity index (χ0n) is 20.7. The van der Waals surface area contributed by atoms with Gasteiger partial charge in [-0.25, -0.2) is 4.79 Å². The maximum atomic E-state index is 13.0. The van der Waals surface area contributed by atoms with Crippen LogP contribution in [0, 0.1) is 10.1 Å². The third-order valence-electron chi connectivity index (χ3n) is 6.29. The SMILES string of the molecule is CCOC(=O)c1c(NC(=O)[C@H](CC)OC(=O)CN2C(=O)c3cccc([N+](=O)[O-])c3C2=O)sc2c1CCCC2. The minimum Gasteiger partial charge on any atom is -0.462 e. The maximum Gasteiger partial charge on any atom is 0.341 e. The quantitative estimate of drug-likeness (QED) is 0.216. The first-order chi connectivity index (χ1) is 18.2. The summed E-state index contributed by atoms with van der Waals surface area (Å²) in [7, 11) is 0. The van der Waals surface area contributed by atoms with Crippen LogP contribution in [-0.4, -0.2) is 58.7 Å². The van der Waals surface area contributed by atoms with Crippen molar-refractivity contribution in [3.8, 4) is 0 Å². The van der Waals surface area contributed by atoms with Crippen molar-refractivity contribution in [1.82, 2.24) is 4.90 Å². The highest BCUT2D eigenvalue weighted by Gasteiger charge is 2.42. The van der Waals surface area contributed by atoms with E-state index in [1.165, 1.54) is 23.5 Å². The van der Waals surface area contributed by atoms with Crippen LogP contribution in [0.1, 0.15) is 74.6 Å². The summed E-state index contributed by atoms with van der Waals surface area (Å²) < 4.78 is 10.5. The molecule has 0 spiro atoms. The number of nitrogens with zero attached hydrogens (tertiary/aromatic N) is 2. The molecule has 4 rings (SSSR count). The van der Waals surface area contributed by atoms with E-state index in [0.29, 0.717) is 21.9 Å². The van der Waals surface area contributed by atoms with Crippen molar-refractivity contribution < 1.29 is 38.4 Å². The minimum atomic E-state index is -1.28. The summed E-state index contributed by atoms with van der Waals surface area (Å²) in [6, 6.07) is 3.63. The largest absolute Gasteiger partial charge is 0.462 e. The van der Waals surface area contributed by atoms with Crippen LogP contribution in [0.3, 0.4) is 0 Å². The van der Waals surface area contributed by atoms with Crippen LogP contribution in [-0.2, 0) is 31.9 Å². The fourth-order valence-electron chi connectivity index (χ4n) is 4.52. The van der Waals surface area contributed by atoms with E-state index in [0.717, 1.165) is 35.8 Å². The van der Waals surface area contributed by atoms with E-state index in [1.807, 2.05) is 0 Å². The van der Waals surface area contributed by atoms with Gasteiger partial charge in [-0.1, -0.05) is 13.0 Å². The summed E-state index contributed by atoms with van der Waals surface area (Å²) in [4.78, 5) is 75.8. The van der Waals surface area contributed by atoms with Gasteiger partial charge in [0, 0.05) is 10.9 Å². The Labute approximate surface area is 221 Å². The van der Waals surface area contributed by atoms with Crippen LogP contribution in [0.25, 0.3) is 0 Å². The van der Waals surface area contributed by atoms with E-state index >= 15 is 0 Å². The van der Waals surface area contributed by atoms with Gasteiger partial charge in [0.2, 0.25) is 0 Å². The van der Waals surface area contributed by atoms with Gasteiger partial charge in [-0.05, 0) is 50.7 Å². The highest BCUT2D eigenvalue weighted by Crippen LogP contribution is 2.39. The first-order valence-corrected chi connectivity index (χ1v) is 12.9. The van der Waals surface area contributed by atoms with Gasteiger partial charge >= 0.3 is 11.9 Å². The van der Waals surface area contributed by atoms with Crippen molar-refractivity contribution in [2.24, 2.45) is 0 Å². The molecule has 12 nitrogen and oxygen atoms in total. The Morgan fingerprint density at radius 1 is 1.16 bits per heavy atom. The van der Waals surface area contributed by atoms with E-state index in [9.17, 15) is 34.1 Å². The predicted octanol–water partition coefficient (Wildman–Crippen LogP) is 3.27. The number of thiophene rings is 1. The molecule has 1 aliphatic heterocycles. The number of carbonyl (C=O) groups excluding carboxylic acids is 5. The molecule has 0 unspecified atom stereocenters. The molecule has 3 amide bonds. The summed E-state index contributed by atoms with van der Waals surface area (Å²) in [6.45, 7) is 2.64. The van der Waals surface area contributed by atoms with E-state index in [-0.39, 0.29) is 18.6 Å². The lowest BCUT2D eigenvalue weighted by molar-refractivity contribution is -0.385. The van der Waals surface area contributed by atoms with Crippen LogP contribution in [0.2, 0.25) is 0 Å². The number of fused-ring (bicyclic) bond motifs is 2. The first-order valence-electron chi connectivity index (χ1n) is 12.1. The fraction of sp³-hybridized carbons (Fsp3) is 0.400. The average molecular weight is 544 g/mol. The molecule has 0 bridgehead atoms. The zero-order valence-corrected chi connectivity index (χ0v) is 21.6. The Morgan fingerprint density at radius 2 is 1.89 bits per heavy atom. The van der Waals surface area contributed by atoms with Crippen molar-refractivity contribution in [2.75, 3.05) is 18.5 Å². The molecule has 2 aromatic rings. The van der Waals surface area contributed by atoms with Crippen molar-refractivity contribution >= 4 is 51.7 Å². The third-order valence-corrected chi connectivity index (χ3v) is 7.49. The standard InChI is InChI=1S/C25H25N3O9S/c1-3-16(21(30)26-22-20(25(33)36-4-2)13-8-5-6-11-17(13)38-22)37-18(29)12-27-23(31)14-9-7-10-15(28(34)35)19(14)24(27)32/h7,9-10,16H,3-6,8,11-12H2,1-2H3,(H,26,30)/t16-/m0/s1. The van der Waals surface area contributed by atoms with Crippen LogP contribution in [0.5, 0.6) is 0 Å². The molecule has 38 heavy (non-hydrogen) atoms. The number of rotatable bonds is 9. The first kappa shape index (κ1) is 26.9. The Balaban J connectivity index is 1.47. The van der Waals surface area contributed by atoms with Gasteiger partial charge in [-0.15, -0.1) is 11.3 Å². The molecule has 0 fully saturated rings. The van der Waals surface area contributed by atoms with Crippen LogP contribution in [0.4, 0.5) is 10.7 Å². The highest BCUT2D eigenvalue weighted by atomic mass is 32.1. The smallest absolute Gasteiger partial charge is 0.341 e. The van der Waals surface area contributed by atoms with Gasteiger partial charge in [0.25, 0.3) is 23.4 Å².